The molecule has 0 amide bonds. The molecule has 0 fully saturated rings. The van der Waals surface area contributed by atoms with Crippen molar-refractivity contribution in [2.45, 2.75) is 6.92 Å². The average molecular weight is 133 g/mol. The largest absolute Gasteiger partial charge is 0.633 e. The molecule has 0 saturated heterocycles. The molecule has 0 atom stereocenters. The molecule has 0 aromatic rings. The van der Waals surface area contributed by atoms with E-state index in [1.807, 2.05) is 6.92 Å². The van der Waals surface area contributed by atoms with E-state index in [2.05, 4.69) is 0 Å². The van der Waals surface area contributed by atoms with Gasteiger partial charge in [0.05, 0.1) is 20.7 Å². The van der Waals surface area contributed by atoms with E-state index < -0.39 is 0 Å². The minimum absolute atomic E-state index is 0.264. The van der Waals surface area contributed by atoms with Crippen molar-refractivity contribution >= 4 is 0 Å². The summed E-state index contributed by atoms with van der Waals surface area (Å²) < 4.78 is 4.73. The monoisotopic (exact) mass is 133 g/mol. The van der Waals surface area contributed by atoms with Gasteiger partial charge in [0.1, 0.15) is 6.54 Å². The van der Waals surface area contributed by atoms with Crippen molar-refractivity contribution in [2.24, 2.45) is 0 Å². The molecule has 0 rings (SSSR count). The number of hydroxylamine groups is 3. The fraction of sp³-hybridized carbons (Fsp3) is 1.00. The van der Waals surface area contributed by atoms with Crippen molar-refractivity contribution in [1.82, 2.24) is 0 Å². The third-order valence-corrected chi connectivity index (χ3v) is 0.978. The van der Waals surface area contributed by atoms with Crippen LogP contribution in [0.5, 0.6) is 0 Å². The maximum atomic E-state index is 10.8. The summed E-state index contributed by atoms with van der Waals surface area (Å²) in [6.45, 7) is 3.71. The number of quaternary nitrogens is 1. The van der Waals surface area contributed by atoms with Gasteiger partial charge in [0, 0.05) is 6.61 Å². The van der Waals surface area contributed by atoms with Gasteiger partial charge in [0.2, 0.25) is 0 Å². The van der Waals surface area contributed by atoms with Gasteiger partial charge in [-0.25, -0.2) is 0 Å². The highest BCUT2D eigenvalue weighted by atomic mass is 16.5. The summed E-state index contributed by atoms with van der Waals surface area (Å²) in [5.74, 6) is 0. The number of hydrogen-bond acceptors (Lipinski definition) is 2. The summed E-state index contributed by atoms with van der Waals surface area (Å²) >= 11 is 0. The van der Waals surface area contributed by atoms with Gasteiger partial charge >= 0.3 is 0 Å². The van der Waals surface area contributed by atoms with E-state index in [-0.39, 0.29) is 4.65 Å². The smallest absolute Gasteiger partial charge is 0.102 e. The predicted molar refractivity (Wildman–Crippen MR) is 36.8 cm³/mol. The van der Waals surface area contributed by atoms with E-state index in [9.17, 15) is 5.21 Å². The quantitative estimate of drug-likeness (QED) is 0.319. The second-order valence-corrected chi connectivity index (χ2v) is 2.49. The van der Waals surface area contributed by atoms with Crippen LogP contribution in [-0.2, 0) is 4.74 Å². The third-order valence-electron chi connectivity index (χ3n) is 0.978. The van der Waals surface area contributed by atoms with Crippen LogP contribution in [0.15, 0.2) is 0 Å². The number of hydrogen-bond donors (Lipinski definition) is 0. The Bertz CT molecular complexity index is 67.9. The van der Waals surface area contributed by atoms with Crippen molar-refractivity contribution < 1.29 is 9.38 Å². The topological polar surface area (TPSA) is 32.3 Å². The summed E-state index contributed by atoms with van der Waals surface area (Å²) in [5, 5.41) is 10.8. The van der Waals surface area contributed by atoms with Gasteiger partial charge in [-0.05, 0) is 6.92 Å². The zero-order valence-corrected chi connectivity index (χ0v) is 6.39. The first-order valence-corrected chi connectivity index (χ1v) is 3.18. The van der Waals surface area contributed by atoms with Crippen LogP contribution in [0.2, 0.25) is 0 Å². The zero-order chi connectivity index (χ0) is 7.33. The van der Waals surface area contributed by atoms with Gasteiger partial charge in [0.15, 0.2) is 0 Å². The normalized spacial score (nSPS) is 12.0. The van der Waals surface area contributed by atoms with Crippen LogP contribution in [0.25, 0.3) is 0 Å². The molecule has 0 heterocycles. The first-order valence-electron chi connectivity index (χ1n) is 3.18. The van der Waals surface area contributed by atoms with Crippen molar-refractivity contribution in [1.29, 1.82) is 0 Å². The molecule has 3 heteroatoms. The SMILES string of the molecule is CCOCC[N+](C)(C)[O-]. The molecule has 0 saturated carbocycles. The summed E-state index contributed by atoms with van der Waals surface area (Å²) in [7, 11) is 3.22. The minimum atomic E-state index is -0.264. The lowest BCUT2D eigenvalue weighted by Gasteiger charge is -2.33. The Kier molecular flexibility index (Phi) is 3.77. The molecule has 0 aliphatic heterocycles. The van der Waals surface area contributed by atoms with Crippen molar-refractivity contribution in [3.63, 3.8) is 0 Å². The maximum Gasteiger partial charge on any atom is 0.102 e. The van der Waals surface area contributed by atoms with Crippen LogP contribution in [0.1, 0.15) is 6.92 Å². The number of ether oxygens (including phenoxy) is 1. The molecular weight excluding hydrogens is 118 g/mol. The van der Waals surface area contributed by atoms with Crippen molar-refractivity contribution in [3.8, 4) is 0 Å². The molecule has 0 unspecified atom stereocenters. The molecule has 0 aliphatic carbocycles. The summed E-state index contributed by atoms with van der Waals surface area (Å²) in [6, 6.07) is 0. The first-order chi connectivity index (χ1) is 4.06. The fourth-order valence-corrected chi connectivity index (χ4v) is 0.429. The Labute approximate surface area is 56.4 Å². The van der Waals surface area contributed by atoms with Gasteiger partial charge in [-0.1, -0.05) is 0 Å². The van der Waals surface area contributed by atoms with E-state index >= 15 is 0 Å². The molecule has 0 aliphatic rings. The molecule has 3 nitrogen and oxygen atoms in total. The van der Waals surface area contributed by atoms with Crippen LogP contribution < -0.4 is 0 Å². The predicted octanol–water partition coefficient (Wildman–Crippen LogP) is 0.597. The lowest BCUT2D eigenvalue weighted by Crippen LogP contribution is -2.35. The fourth-order valence-electron chi connectivity index (χ4n) is 0.429. The number of rotatable bonds is 4. The molecule has 9 heavy (non-hydrogen) atoms. The Morgan fingerprint density at radius 2 is 2.00 bits per heavy atom. The Morgan fingerprint density at radius 3 is 2.33 bits per heavy atom. The Balaban J connectivity index is 3.07. The summed E-state index contributed by atoms with van der Waals surface area (Å²) in [4.78, 5) is 0. The third kappa shape index (κ3) is 7.88. The van der Waals surface area contributed by atoms with E-state index in [4.69, 9.17) is 4.74 Å². The Hall–Kier alpha value is -0.120. The molecule has 0 N–H and O–H groups in total. The highest BCUT2D eigenvalue weighted by Crippen LogP contribution is 1.90. The minimum Gasteiger partial charge on any atom is -0.633 e. The first kappa shape index (κ1) is 8.88. The molecular formula is C6H15NO2. The lowest BCUT2D eigenvalue weighted by atomic mass is 10.6. The van der Waals surface area contributed by atoms with Crippen LogP contribution in [0, 0.1) is 5.21 Å². The molecule has 0 bridgehead atoms. The number of likely N-dealkylation sites (N-methyl/N-ethyl adjacent to an activating group) is 1. The van der Waals surface area contributed by atoms with E-state index in [0.29, 0.717) is 19.8 Å². The lowest BCUT2D eigenvalue weighted by molar-refractivity contribution is -0.840. The molecule has 0 aromatic carbocycles. The van der Waals surface area contributed by atoms with E-state index in [0.717, 1.165) is 0 Å². The molecule has 56 valence electrons. The van der Waals surface area contributed by atoms with Crippen molar-refractivity contribution in [2.75, 3.05) is 33.9 Å². The Morgan fingerprint density at radius 1 is 1.44 bits per heavy atom. The molecule has 0 aromatic heterocycles. The van der Waals surface area contributed by atoms with Crippen LogP contribution in [0.4, 0.5) is 0 Å². The average Bonchev–Trinajstić information content (AvgIpc) is 1.63. The van der Waals surface area contributed by atoms with Crippen LogP contribution in [-0.4, -0.2) is 38.5 Å². The van der Waals surface area contributed by atoms with Crippen LogP contribution in [0.3, 0.4) is 0 Å². The summed E-state index contributed by atoms with van der Waals surface area (Å²) in [5.41, 5.74) is 0. The molecule has 0 spiro atoms. The van der Waals surface area contributed by atoms with Gasteiger partial charge in [-0.15, -0.1) is 0 Å². The van der Waals surface area contributed by atoms with Gasteiger partial charge < -0.3 is 14.6 Å². The summed E-state index contributed by atoms with van der Waals surface area (Å²) in [6.07, 6.45) is 0. The standard InChI is InChI=1S/C6H15NO2/c1-4-9-6-5-7(2,3)8/h4-6H2,1-3H3. The zero-order valence-electron chi connectivity index (χ0n) is 6.39. The van der Waals surface area contributed by atoms with Gasteiger partial charge in [0.25, 0.3) is 0 Å². The maximum absolute atomic E-state index is 10.8. The van der Waals surface area contributed by atoms with Gasteiger partial charge in [-0.2, -0.15) is 0 Å². The second kappa shape index (κ2) is 3.82. The van der Waals surface area contributed by atoms with E-state index in [1.165, 1.54) is 0 Å². The highest BCUT2D eigenvalue weighted by molar-refractivity contribution is 4.29. The van der Waals surface area contributed by atoms with Crippen molar-refractivity contribution in [3.05, 3.63) is 5.21 Å². The molecule has 0 radical (unpaired) electrons. The highest BCUT2D eigenvalue weighted by Gasteiger charge is 1.98. The second-order valence-electron chi connectivity index (χ2n) is 2.49. The number of nitrogens with zero attached hydrogens (tertiary/aromatic N) is 1. The van der Waals surface area contributed by atoms with E-state index in [1.54, 1.807) is 14.1 Å². The van der Waals surface area contributed by atoms with Crippen LogP contribution >= 0.6 is 0 Å². The van der Waals surface area contributed by atoms with Gasteiger partial charge in [-0.3, -0.25) is 0 Å².